The van der Waals surface area contributed by atoms with Gasteiger partial charge in [0.05, 0.1) is 19.1 Å². The van der Waals surface area contributed by atoms with E-state index in [-0.39, 0.29) is 35.6 Å². The summed E-state index contributed by atoms with van der Waals surface area (Å²) in [6.45, 7) is 11.5. The lowest BCUT2D eigenvalue weighted by Gasteiger charge is -2.35. The van der Waals surface area contributed by atoms with Gasteiger partial charge < -0.3 is 28.5 Å². The predicted molar refractivity (Wildman–Crippen MR) is 145 cm³/mol. The molecule has 0 saturated carbocycles. The molecular weight excluding hydrogens is 502 g/mol. The van der Waals surface area contributed by atoms with Crippen molar-refractivity contribution in [2.24, 2.45) is 0 Å². The third-order valence-electron chi connectivity index (χ3n) is 6.99. The van der Waals surface area contributed by atoms with Crippen LogP contribution in [0.2, 0.25) is 0 Å². The molecule has 0 bridgehead atoms. The SMILES string of the molecule is COC(=O)Cc1c(C)n(C2CCN(C(=O)OC(C)(C)C)CC2)c(=O)c2oc(-c3ccc(C(C)(C)O)cc3)nc12. The van der Waals surface area contributed by atoms with Crippen LogP contribution in [-0.2, 0) is 26.3 Å². The third kappa shape index (κ3) is 6.00. The van der Waals surface area contributed by atoms with E-state index in [2.05, 4.69) is 4.98 Å². The van der Waals surface area contributed by atoms with Gasteiger partial charge in [0.25, 0.3) is 5.56 Å². The van der Waals surface area contributed by atoms with E-state index in [1.165, 1.54) is 7.11 Å². The summed E-state index contributed by atoms with van der Waals surface area (Å²) in [5, 5.41) is 10.3. The summed E-state index contributed by atoms with van der Waals surface area (Å²) >= 11 is 0. The van der Waals surface area contributed by atoms with Crippen molar-refractivity contribution in [1.82, 2.24) is 14.5 Å². The number of carbonyl (C=O) groups is 2. The predicted octanol–water partition coefficient (Wildman–Crippen LogP) is 4.48. The molecule has 1 amide bonds. The van der Waals surface area contributed by atoms with Gasteiger partial charge in [0.15, 0.2) is 0 Å². The molecule has 2 aromatic heterocycles. The molecule has 1 saturated heterocycles. The van der Waals surface area contributed by atoms with Crippen molar-refractivity contribution in [3.63, 3.8) is 0 Å². The van der Waals surface area contributed by atoms with Crippen molar-refractivity contribution < 1.29 is 28.6 Å². The minimum Gasteiger partial charge on any atom is -0.469 e. The fraction of sp³-hybridized carbons (Fsp3) is 0.517. The lowest BCUT2D eigenvalue weighted by Crippen LogP contribution is -2.43. The molecular formula is C29H37N3O7. The van der Waals surface area contributed by atoms with Crippen molar-refractivity contribution in [3.05, 3.63) is 51.4 Å². The molecule has 1 aromatic carbocycles. The zero-order valence-corrected chi connectivity index (χ0v) is 23.7. The number of hydrogen-bond acceptors (Lipinski definition) is 8. The standard InChI is InChI=1S/C29H37N3O7/c1-17-21(16-22(33)37-7)23-24(38-25(30-23)18-8-10-19(11-9-18)29(5,6)36)26(34)32(17)20-12-14-31(15-13-20)27(35)39-28(2,3)4/h8-11,20,36H,12-16H2,1-7H3. The van der Waals surface area contributed by atoms with Gasteiger partial charge in [-0.3, -0.25) is 9.59 Å². The van der Waals surface area contributed by atoms with Gasteiger partial charge in [-0.15, -0.1) is 0 Å². The molecule has 10 nitrogen and oxygen atoms in total. The van der Waals surface area contributed by atoms with Gasteiger partial charge >= 0.3 is 12.1 Å². The number of aromatic nitrogens is 2. The van der Waals surface area contributed by atoms with E-state index < -0.39 is 17.2 Å². The van der Waals surface area contributed by atoms with Gasteiger partial charge in [0.1, 0.15) is 11.1 Å². The van der Waals surface area contributed by atoms with Crippen LogP contribution in [0.4, 0.5) is 4.79 Å². The zero-order chi connectivity index (χ0) is 28.7. The number of amides is 1. The second-order valence-electron chi connectivity index (χ2n) is 11.5. The molecule has 1 aliphatic rings. The van der Waals surface area contributed by atoms with Gasteiger partial charge in [-0.05, 0) is 72.1 Å². The maximum Gasteiger partial charge on any atom is 0.410 e. The number of aliphatic hydroxyl groups is 1. The van der Waals surface area contributed by atoms with Crippen molar-refractivity contribution in [1.29, 1.82) is 0 Å². The van der Waals surface area contributed by atoms with Crippen LogP contribution in [-0.4, -0.2) is 57.4 Å². The summed E-state index contributed by atoms with van der Waals surface area (Å²) in [6, 6.07) is 6.91. The zero-order valence-electron chi connectivity index (χ0n) is 23.7. The monoisotopic (exact) mass is 539 g/mol. The van der Waals surface area contributed by atoms with Gasteiger partial charge in [0.2, 0.25) is 11.5 Å². The van der Waals surface area contributed by atoms with Crippen LogP contribution in [0.5, 0.6) is 0 Å². The lowest BCUT2D eigenvalue weighted by atomic mass is 9.97. The second-order valence-corrected chi connectivity index (χ2v) is 11.5. The van der Waals surface area contributed by atoms with Crippen molar-refractivity contribution >= 4 is 23.2 Å². The Kier molecular flexibility index (Phi) is 7.62. The highest BCUT2D eigenvalue weighted by Crippen LogP contribution is 2.31. The van der Waals surface area contributed by atoms with Crippen LogP contribution in [0.1, 0.15) is 70.3 Å². The number of oxazole rings is 1. The minimum atomic E-state index is -1.00. The molecule has 0 atom stereocenters. The lowest BCUT2D eigenvalue weighted by molar-refractivity contribution is -0.139. The van der Waals surface area contributed by atoms with Gasteiger partial charge in [0, 0.05) is 36.0 Å². The quantitative estimate of drug-likeness (QED) is 0.471. The number of fused-ring (bicyclic) bond motifs is 1. The highest BCUT2D eigenvalue weighted by Gasteiger charge is 2.31. The van der Waals surface area contributed by atoms with E-state index in [1.54, 1.807) is 54.5 Å². The Morgan fingerprint density at radius 1 is 1.10 bits per heavy atom. The molecule has 4 rings (SSSR count). The number of carbonyl (C=O) groups excluding carboxylic acids is 2. The van der Waals surface area contributed by atoms with E-state index in [9.17, 15) is 19.5 Å². The average Bonchev–Trinajstić information content (AvgIpc) is 3.31. The smallest absolute Gasteiger partial charge is 0.410 e. The number of likely N-dealkylation sites (tertiary alicyclic amines) is 1. The largest absolute Gasteiger partial charge is 0.469 e. The third-order valence-corrected chi connectivity index (χ3v) is 6.99. The molecule has 1 N–H and O–H groups in total. The number of esters is 1. The van der Waals surface area contributed by atoms with Crippen LogP contribution >= 0.6 is 0 Å². The number of ether oxygens (including phenoxy) is 2. The van der Waals surface area contributed by atoms with Crippen molar-refractivity contribution in [2.75, 3.05) is 20.2 Å². The number of rotatable bonds is 5. The van der Waals surface area contributed by atoms with E-state index >= 15 is 0 Å². The molecule has 1 fully saturated rings. The first-order valence-corrected chi connectivity index (χ1v) is 13.1. The molecule has 1 aliphatic heterocycles. The van der Waals surface area contributed by atoms with Crippen molar-refractivity contribution in [2.45, 2.75) is 78.0 Å². The fourth-order valence-electron chi connectivity index (χ4n) is 4.89. The average molecular weight is 540 g/mol. The number of methoxy groups -OCH3 is 1. The van der Waals surface area contributed by atoms with Gasteiger partial charge in [-0.2, -0.15) is 0 Å². The Hall–Kier alpha value is -3.66. The fourth-order valence-corrected chi connectivity index (χ4v) is 4.89. The Morgan fingerprint density at radius 3 is 2.26 bits per heavy atom. The Bertz CT molecular complexity index is 1430. The summed E-state index contributed by atoms with van der Waals surface area (Å²) < 4.78 is 18.1. The summed E-state index contributed by atoms with van der Waals surface area (Å²) in [5.41, 5.74) is 1.01. The Labute approximate surface area is 227 Å². The van der Waals surface area contributed by atoms with Crippen LogP contribution in [0.3, 0.4) is 0 Å². The Balaban J connectivity index is 1.73. The first-order chi connectivity index (χ1) is 18.2. The normalized spacial score (nSPS) is 15.0. The van der Waals surface area contributed by atoms with E-state index in [0.717, 1.165) is 5.56 Å². The molecule has 210 valence electrons. The molecule has 39 heavy (non-hydrogen) atoms. The summed E-state index contributed by atoms with van der Waals surface area (Å²) in [6.07, 6.45) is 0.646. The van der Waals surface area contributed by atoms with Crippen molar-refractivity contribution in [3.8, 4) is 11.5 Å². The number of nitrogens with zero attached hydrogens (tertiary/aromatic N) is 3. The van der Waals surface area contributed by atoms with Gasteiger partial charge in [-0.1, -0.05) is 12.1 Å². The van der Waals surface area contributed by atoms with E-state index in [1.807, 2.05) is 20.8 Å². The molecule has 0 radical (unpaired) electrons. The number of hydrogen-bond donors (Lipinski definition) is 1. The minimum absolute atomic E-state index is 0.0654. The van der Waals surface area contributed by atoms with Crippen LogP contribution < -0.4 is 5.56 Å². The number of pyridine rings is 1. The molecule has 3 aromatic rings. The Morgan fingerprint density at radius 2 is 1.72 bits per heavy atom. The number of benzene rings is 1. The maximum atomic E-state index is 13.8. The van der Waals surface area contributed by atoms with Gasteiger partial charge in [-0.25, -0.2) is 9.78 Å². The van der Waals surface area contributed by atoms with E-state index in [0.29, 0.717) is 48.3 Å². The summed E-state index contributed by atoms with van der Waals surface area (Å²) in [5.74, 6) is -0.212. The van der Waals surface area contributed by atoms with Crippen LogP contribution in [0, 0.1) is 6.92 Å². The van der Waals surface area contributed by atoms with E-state index in [4.69, 9.17) is 13.9 Å². The molecule has 0 spiro atoms. The summed E-state index contributed by atoms with van der Waals surface area (Å²) in [4.78, 5) is 44.9. The highest BCUT2D eigenvalue weighted by molar-refractivity contribution is 5.84. The first kappa shape index (κ1) is 28.4. The summed E-state index contributed by atoms with van der Waals surface area (Å²) in [7, 11) is 1.32. The van der Waals surface area contributed by atoms with Crippen LogP contribution in [0.15, 0.2) is 33.5 Å². The highest BCUT2D eigenvalue weighted by atomic mass is 16.6. The molecule has 0 unspecified atom stereocenters. The second kappa shape index (κ2) is 10.5. The molecule has 3 heterocycles. The van der Waals surface area contributed by atoms with Crippen LogP contribution in [0.25, 0.3) is 22.6 Å². The molecule has 10 heteroatoms. The first-order valence-electron chi connectivity index (χ1n) is 13.1. The number of piperidine rings is 1. The maximum absolute atomic E-state index is 13.8. The molecule has 0 aliphatic carbocycles. The topological polar surface area (TPSA) is 124 Å².